The van der Waals surface area contributed by atoms with Crippen LogP contribution >= 0.6 is 12.6 Å². The van der Waals surface area contributed by atoms with Crippen LogP contribution in [-0.4, -0.2) is 55.2 Å². The van der Waals surface area contributed by atoms with Crippen LogP contribution in [0.5, 0.6) is 0 Å². The van der Waals surface area contributed by atoms with Crippen LogP contribution in [0.2, 0.25) is 0 Å². The van der Waals surface area contributed by atoms with Gasteiger partial charge in [-0.25, -0.2) is 0 Å². The van der Waals surface area contributed by atoms with Gasteiger partial charge in [0.1, 0.15) is 12.1 Å². The quantitative estimate of drug-likeness (QED) is 0.303. The number of likely N-dealkylation sites (N-methyl/N-ethyl adjacent to an activating group) is 1. The van der Waals surface area contributed by atoms with E-state index < -0.39 is 35.1 Å². The third kappa shape index (κ3) is 8.86. The fourth-order valence-corrected chi connectivity index (χ4v) is 3.03. The Bertz CT molecular complexity index is 727. The Kier molecular flexibility index (Phi) is 11.0. The van der Waals surface area contributed by atoms with Crippen LogP contribution in [-0.2, 0) is 30.3 Å². The number of thiol groups is 1. The highest BCUT2D eigenvalue weighted by molar-refractivity contribution is 7.81. The van der Waals surface area contributed by atoms with Crippen LogP contribution < -0.4 is 16.0 Å². The highest BCUT2D eigenvalue weighted by Crippen LogP contribution is 2.10. The van der Waals surface area contributed by atoms with Gasteiger partial charge in [-0.1, -0.05) is 44.2 Å². The summed E-state index contributed by atoms with van der Waals surface area (Å²) in [7, 11) is 2.72. The molecule has 0 aromatic heterocycles. The van der Waals surface area contributed by atoms with Gasteiger partial charge >= 0.3 is 5.97 Å². The molecule has 3 amide bonds. The first-order valence-electron chi connectivity index (χ1n) is 9.79. The summed E-state index contributed by atoms with van der Waals surface area (Å²) in [5.74, 6) is -1.82. The maximum atomic E-state index is 12.9. The number of rotatable bonds is 11. The van der Waals surface area contributed by atoms with Crippen LogP contribution in [0.15, 0.2) is 30.3 Å². The number of esters is 1. The van der Waals surface area contributed by atoms with Gasteiger partial charge < -0.3 is 20.7 Å². The molecule has 1 aromatic carbocycles. The van der Waals surface area contributed by atoms with E-state index in [-0.39, 0.29) is 18.2 Å². The number of carbonyl (C=O) groups is 4. The van der Waals surface area contributed by atoms with Crippen molar-refractivity contribution in [2.24, 2.45) is 5.92 Å². The number of ether oxygens (including phenoxy) is 1. The molecule has 9 heteroatoms. The molecule has 0 saturated carbocycles. The maximum absolute atomic E-state index is 12.9. The largest absolute Gasteiger partial charge is 0.469 e. The average molecular weight is 438 g/mol. The van der Waals surface area contributed by atoms with E-state index in [4.69, 9.17) is 0 Å². The van der Waals surface area contributed by atoms with E-state index in [1.54, 1.807) is 0 Å². The second-order valence-corrected chi connectivity index (χ2v) is 7.98. The van der Waals surface area contributed by atoms with Crippen molar-refractivity contribution in [1.29, 1.82) is 0 Å². The molecule has 0 aliphatic heterocycles. The Hall–Kier alpha value is -2.55. The van der Waals surface area contributed by atoms with E-state index in [1.165, 1.54) is 14.2 Å². The number of hydrogen-bond acceptors (Lipinski definition) is 6. The molecule has 0 aliphatic carbocycles. The second-order valence-electron chi connectivity index (χ2n) is 7.35. The Labute approximate surface area is 182 Å². The monoisotopic (exact) mass is 437 g/mol. The number of nitrogens with one attached hydrogen (secondary N) is 3. The minimum absolute atomic E-state index is 0.104. The number of methoxy groups -OCH3 is 1. The first-order valence-corrected chi connectivity index (χ1v) is 10.3. The minimum atomic E-state index is -0.945. The number of carbonyl (C=O) groups excluding carboxylic acids is 4. The molecular weight excluding hydrogens is 406 g/mol. The van der Waals surface area contributed by atoms with Crippen molar-refractivity contribution in [2.75, 3.05) is 14.2 Å². The smallest absolute Gasteiger partial charge is 0.307 e. The Balaban J connectivity index is 2.89. The van der Waals surface area contributed by atoms with Gasteiger partial charge in [-0.15, -0.1) is 0 Å². The standard InChI is InChI=1S/C21H31N3O5S/c1-13(2)10-15(24-21(28)17(30)12-18(25)29-4)20(27)23-16(19(26)22-3)11-14-8-6-5-7-9-14/h5-9,13,15-17,30H,10-12H2,1-4H3,(H,22,26)(H,23,27)(H,24,28). The van der Waals surface area contributed by atoms with Crippen LogP contribution in [0, 0.1) is 5.92 Å². The zero-order valence-corrected chi connectivity index (χ0v) is 18.7. The summed E-state index contributed by atoms with van der Waals surface area (Å²) < 4.78 is 4.54. The van der Waals surface area contributed by atoms with E-state index in [9.17, 15) is 19.2 Å². The summed E-state index contributed by atoms with van der Waals surface area (Å²) in [6, 6.07) is 7.66. The SMILES string of the molecule is CNC(=O)C(Cc1ccccc1)NC(=O)C(CC(C)C)NC(=O)C(S)CC(=O)OC. The molecule has 3 atom stereocenters. The van der Waals surface area contributed by atoms with Gasteiger partial charge in [0.15, 0.2) is 0 Å². The van der Waals surface area contributed by atoms with Crippen molar-refractivity contribution in [3.63, 3.8) is 0 Å². The maximum Gasteiger partial charge on any atom is 0.307 e. The van der Waals surface area contributed by atoms with Crippen LogP contribution in [0.25, 0.3) is 0 Å². The third-order valence-electron chi connectivity index (χ3n) is 4.39. The molecule has 0 fully saturated rings. The molecule has 1 aromatic rings. The molecule has 3 unspecified atom stereocenters. The molecule has 0 aliphatic rings. The Morgan fingerprint density at radius 3 is 2.10 bits per heavy atom. The van der Waals surface area contributed by atoms with Gasteiger partial charge in [0.25, 0.3) is 0 Å². The normalized spacial score (nSPS) is 13.7. The molecule has 0 heterocycles. The molecule has 0 spiro atoms. The fraction of sp³-hybridized carbons (Fsp3) is 0.524. The lowest BCUT2D eigenvalue weighted by Gasteiger charge is -2.24. The van der Waals surface area contributed by atoms with Gasteiger partial charge in [0.05, 0.1) is 18.8 Å². The molecule has 0 saturated heterocycles. The Morgan fingerprint density at radius 1 is 0.967 bits per heavy atom. The van der Waals surface area contributed by atoms with Crippen molar-refractivity contribution < 1.29 is 23.9 Å². The molecule has 8 nitrogen and oxygen atoms in total. The number of hydrogen-bond donors (Lipinski definition) is 4. The molecule has 1 rings (SSSR count). The van der Waals surface area contributed by atoms with E-state index in [1.807, 2.05) is 44.2 Å². The fourth-order valence-electron chi connectivity index (χ4n) is 2.81. The van der Waals surface area contributed by atoms with Gasteiger partial charge in [-0.2, -0.15) is 12.6 Å². The zero-order chi connectivity index (χ0) is 22.7. The van der Waals surface area contributed by atoms with Crippen molar-refractivity contribution in [3.8, 4) is 0 Å². The molecule has 0 bridgehead atoms. The van der Waals surface area contributed by atoms with E-state index >= 15 is 0 Å². The summed E-state index contributed by atoms with van der Waals surface area (Å²) >= 11 is 4.13. The summed E-state index contributed by atoms with van der Waals surface area (Å²) in [4.78, 5) is 49.0. The zero-order valence-electron chi connectivity index (χ0n) is 17.8. The predicted molar refractivity (Wildman–Crippen MR) is 117 cm³/mol. The van der Waals surface area contributed by atoms with Gasteiger partial charge in [0, 0.05) is 13.5 Å². The average Bonchev–Trinajstić information content (AvgIpc) is 2.72. The lowest BCUT2D eigenvalue weighted by atomic mass is 10.0. The van der Waals surface area contributed by atoms with Crippen molar-refractivity contribution >= 4 is 36.3 Å². The topological polar surface area (TPSA) is 114 Å². The number of benzene rings is 1. The lowest BCUT2D eigenvalue weighted by Crippen LogP contribution is -2.55. The first-order chi connectivity index (χ1) is 14.2. The molecule has 166 valence electrons. The summed E-state index contributed by atoms with van der Waals surface area (Å²) in [5, 5.41) is 6.98. The van der Waals surface area contributed by atoms with Gasteiger partial charge in [0.2, 0.25) is 17.7 Å². The molecular formula is C21H31N3O5S. The second kappa shape index (κ2) is 12.9. The van der Waals surface area contributed by atoms with E-state index in [0.29, 0.717) is 12.8 Å². The first kappa shape index (κ1) is 25.5. The number of amides is 3. The highest BCUT2D eigenvalue weighted by atomic mass is 32.1. The third-order valence-corrected chi connectivity index (χ3v) is 4.81. The highest BCUT2D eigenvalue weighted by Gasteiger charge is 2.29. The van der Waals surface area contributed by atoms with E-state index in [0.717, 1.165) is 5.56 Å². The molecule has 3 N–H and O–H groups in total. The van der Waals surface area contributed by atoms with Gasteiger partial charge in [-0.05, 0) is 17.9 Å². The van der Waals surface area contributed by atoms with Crippen molar-refractivity contribution in [3.05, 3.63) is 35.9 Å². The van der Waals surface area contributed by atoms with Crippen LogP contribution in [0.4, 0.5) is 0 Å². The minimum Gasteiger partial charge on any atom is -0.469 e. The lowest BCUT2D eigenvalue weighted by molar-refractivity contribution is -0.142. The summed E-state index contributed by atoms with van der Waals surface area (Å²) in [6.45, 7) is 3.83. The van der Waals surface area contributed by atoms with Crippen molar-refractivity contribution in [1.82, 2.24) is 16.0 Å². The Morgan fingerprint density at radius 2 is 1.57 bits per heavy atom. The molecule has 30 heavy (non-hydrogen) atoms. The summed E-state index contributed by atoms with van der Waals surface area (Å²) in [6.07, 6.45) is 0.463. The van der Waals surface area contributed by atoms with Crippen LogP contribution in [0.3, 0.4) is 0 Å². The van der Waals surface area contributed by atoms with E-state index in [2.05, 4.69) is 33.3 Å². The summed E-state index contributed by atoms with van der Waals surface area (Å²) in [5.41, 5.74) is 0.893. The van der Waals surface area contributed by atoms with Crippen molar-refractivity contribution in [2.45, 2.75) is 50.4 Å². The van der Waals surface area contributed by atoms with Crippen LogP contribution in [0.1, 0.15) is 32.3 Å². The predicted octanol–water partition coefficient (Wildman–Crippen LogP) is 0.852. The molecule has 0 radical (unpaired) electrons. The van der Waals surface area contributed by atoms with Gasteiger partial charge in [-0.3, -0.25) is 19.2 Å².